The van der Waals surface area contributed by atoms with Crippen molar-refractivity contribution < 1.29 is 38.8 Å². The Bertz CT molecular complexity index is 1370. The molecule has 11 nitrogen and oxygen atoms in total. The van der Waals surface area contributed by atoms with Crippen molar-refractivity contribution in [2.75, 3.05) is 33.9 Å². The molecule has 2 aromatic carbocycles. The number of amides is 2. The lowest BCUT2D eigenvalue weighted by Crippen LogP contribution is -2.73. The quantitative estimate of drug-likeness (QED) is 0.301. The fourth-order valence-corrected chi connectivity index (χ4v) is 7.17. The number of aliphatic hydroxyl groups is 1. The van der Waals surface area contributed by atoms with Gasteiger partial charge in [-0.3, -0.25) is 14.5 Å². The number of nitrogens with one attached hydrogen (secondary N) is 1. The third-order valence-corrected chi connectivity index (χ3v) is 9.85. The van der Waals surface area contributed by atoms with Crippen molar-refractivity contribution >= 4 is 17.8 Å². The zero-order valence-corrected chi connectivity index (χ0v) is 27.2. The highest BCUT2D eigenvalue weighted by atomic mass is 16.5. The molecule has 2 heterocycles. The van der Waals surface area contributed by atoms with Gasteiger partial charge in [0, 0.05) is 32.6 Å². The maximum absolute atomic E-state index is 13.9. The first-order valence-corrected chi connectivity index (χ1v) is 16.4. The SMILES string of the molecule is CCCCN1C(=O)[C@@H](CC2(O)CCCCC2)NC(=O)C12CCN(Cc1ccc(Oc3c(OC)cc(C(=O)O)cc3OC)cc1)CC2. The summed E-state index contributed by atoms with van der Waals surface area (Å²) in [5, 5.41) is 23.6. The summed E-state index contributed by atoms with van der Waals surface area (Å²) in [7, 11) is 2.88. The van der Waals surface area contributed by atoms with Crippen molar-refractivity contribution in [3.05, 3.63) is 47.5 Å². The number of hydrogen-bond acceptors (Lipinski definition) is 8. The highest BCUT2D eigenvalue weighted by molar-refractivity contribution is 6.00. The number of ether oxygens (including phenoxy) is 3. The molecule has 0 bridgehead atoms. The average molecular weight is 638 g/mol. The lowest BCUT2D eigenvalue weighted by Gasteiger charge is -2.52. The van der Waals surface area contributed by atoms with E-state index in [-0.39, 0.29) is 41.0 Å². The minimum atomic E-state index is -1.10. The van der Waals surface area contributed by atoms with Gasteiger partial charge in [0.25, 0.3) is 0 Å². The molecule has 2 amide bonds. The molecule has 0 radical (unpaired) electrons. The van der Waals surface area contributed by atoms with Gasteiger partial charge < -0.3 is 34.6 Å². The highest BCUT2D eigenvalue weighted by Gasteiger charge is 2.54. The lowest BCUT2D eigenvalue weighted by atomic mass is 9.77. The van der Waals surface area contributed by atoms with Crippen LogP contribution in [0.1, 0.15) is 87.1 Å². The second-order valence-corrected chi connectivity index (χ2v) is 12.9. The molecule has 2 aromatic rings. The summed E-state index contributed by atoms with van der Waals surface area (Å²) >= 11 is 0. The standard InChI is InChI=1S/C35H47N3O8/c1-4-5-17-38-31(39)27(22-34(43)13-7-6-8-14-34)36-33(42)35(38)15-18-37(19-16-35)23-24-9-11-26(12-10-24)46-30-28(44-2)20-25(32(40)41)21-29(30)45-3/h9-12,20-21,27,43H,4-8,13-19,22-23H2,1-3H3,(H,36,42)(H,40,41)/t27-/m1/s1. The van der Waals surface area contributed by atoms with Gasteiger partial charge in [-0.25, -0.2) is 4.79 Å². The van der Waals surface area contributed by atoms with Crippen molar-refractivity contribution in [2.45, 2.75) is 94.9 Å². The number of unbranched alkanes of at least 4 members (excludes halogenated alkanes) is 1. The fourth-order valence-electron chi connectivity index (χ4n) is 7.17. The van der Waals surface area contributed by atoms with Crippen molar-refractivity contribution in [3.63, 3.8) is 0 Å². The molecule has 2 aliphatic heterocycles. The van der Waals surface area contributed by atoms with E-state index in [9.17, 15) is 24.6 Å². The average Bonchev–Trinajstić information content (AvgIpc) is 3.05. The molecule has 0 unspecified atom stereocenters. The van der Waals surface area contributed by atoms with E-state index in [1.165, 1.54) is 26.4 Å². The van der Waals surface area contributed by atoms with Crippen LogP contribution in [0.25, 0.3) is 0 Å². The number of carbonyl (C=O) groups excluding carboxylic acids is 2. The number of hydrogen-bond donors (Lipinski definition) is 3. The first kappa shape index (κ1) is 33.5. The number of carboxylic acids is 1. The van der Waals surface area contributed by atoms with Crippen molar-refractivity contribution in [1.29, 1.82) is 0 Å². The largest absolute Gasteiger partial charge is 0.493 e. The highest BCUT2D eigenvalue weighted by Crippen LogP contribution is 2.42. The molecule has 1 spiro atoms. The van der Waals surface area contributed by atoms with Crippen LogP contribution in [0, 0.1) is 0 Å². The van der Waals surface area contributed by atoms with Crippen LogP contribution < -0.4 is 19.5 Å². The normalized spacial score (nSPS) is 21.1. The number of carboxylic acid groups (broad SMARTS) is 1. The molecule has 1 atom stereocenters. The zero-order valence-electron chi connectivity index (χ0n) is 27.2. The lowest BCUT2D eigenvalue weighted by molar-refractivity contribution is -0.163. The molecule has 5 rings (SSSR count). The number of methoxy groups -OCH3 is 2. The monoisotopic (exact) mass is 637 g/mol. The van der Waals surface area contributed by atoms with Crippen LogP contribution in [0.15, 0.2) is 36.4 Å². The van der Waals surface area contributed by atoms with Crippen LogP contribution in [0.5, 0.6) is 23.0 Å². The van der Waals surface area contributed by atoms with E-state index in [1.54, 1.807) is 0 Å². The van der Waals surface area contributed by atoms with E-state index < -0.39 is 23.2 Å². The number of piperazine rings is 1. The summed E-state index contributed by atoms with van der Waals surface area (Å²) in [6, 6.07) is 9.72. The molecule has 2 saturated heterocycles. The Labute approximate surface area is 270 Å². The maximum atomic E-state index is 13.9. The first-order valence-electron chi connectivity index (χ1n) is 16.4. The van der Waals surface area contributed by atoms with Crippen LogP contribution in [0.4, 0.5) is 0 Å². The van der Waals surface area contributed by atoms with Crippen LogP contribution in [-0.4, -0.2) is 88.8 Å². The van der Waals surface area contributed by atoms with E-state index in [0.29, 0.717) is 57.6 Å². The second-order valence-electron chi connectivity index (χ2n) is 12.9. The maximum Gasteiger partial charge on any atom is 0.335 e. The molecule has 3 N–H and O–H groups in total. The van der Waals surface area contributed by atoms with E-state index in [4.69, 9.17) is 14.2 Å². The predicted molar refractivity (Wildman–Crippen MR) is 171 cm³/mol. The summed E-state index contributed by atoms with van der Waals surface area (Å²) in [5.74, 6) is 0.0800. The Kier molecular flexibility index (Phi) is 10.4. The summed E-state index contributed by atoms with van der Waals surface area (Å²) in [4.78, 5) is 43.3. The zero-order chi connectivity index (χ0) is 32.9. The van der Waals surface area contributed by atoms with Crippen molar-refractivity contribution in [1.82, 2.24) is 15.1 Å². The van der Waals surface area contributed by atoms with Crippen LogP contribution in [-0.2, 0) is 16.1 Å². The Hall–Kier alpha value is -3.83. The van der Waals surface area contributed by atoms with E-state index in [2.05, 4.69) is 17.1 Å². The molecule has 0 aromatic heterocycles. The smallest absolute Gasteiger partial charge is 0.335 e. The van der Waals surface area contributed by atoms with Crippen LogP contribution in [0.2, 0.25) is 0 Å². The van der Waals surface area contributed by atoms with Gasteiger partial charge in [0.05, 0.1) is 25.4 Å². The van der Waals surface area contributed by atoms with Gasteiger partial charge in [0.15, 0.2) is 11.5 Å². The summed E-state index contributed by atoms with van der Waals surface area (Å²) in [6.07, 6.45) is 7.51. The third-order valence-electron chi connectivity index (χ3n) is 9.85. The Morgan fingerprint density at radius 2 is 1.61 bits per heavy atom. The van der Waals surface area contributed by atoms with E-state index in [0.717, 1.165) is 37.7 Å². The van der Waals surface area contributed by atoms with Crippen LogP contribution in [0.3, 0.4) is 0 Å². The Morgan fingerprint density at radius 3 is 2.17 bits per heavy atom. The summed E-state index contributed by atoms with van der Waals surface area (Å²) < 4.78 is 16.8. The number of carbonyl (C=O) groups is 3. The number of rotatable bonds is 12. The third kappa shape index (κ3) is 7.10. The number of likely N-dealkylation sites (tertiary alicyclic amines) is 1. The first-order chi connectivity index (χ1) is 22.1. The van der Waals surface area contributed by atoms with Gasteiger partial charge in [0.2, 0.25) is 17.6 Å². The number of benzene rings is 2. The Balaban J connectivity index is 1.23. The van der Waals surface area contributed by atoms with Gasteiger partial charge in [-0.05, 0) is 61.9 Å². The minimum Gasteiger partial charge on any atom is -0.493 e. The van der Waals surface area contributed by atoms with Crippen molar-refractivity contribution in [3.8, 4) is 23.0 Å². The molecular weight excluding hydrogens is 590 g/mol. The second kappa shape index (κ2) is 14.3. The minimum absolute atomic E-state index is 0.0288. The van der Waals surface area contributed by atoms with E-state index >= 15 is 0 Å². The molecule has 3 fully saturated rings. The number of aromatic carboxylic acids is 1. The Morgan fingerprint density at radius 1 is 0.978 bits per heavy atom. The topological polar surface area (TPSA) is 138 Å². The number of piperidine rings is 1. The van der Waals surface area contributed by atoms with E-state index in [1.807, 2.05) is 29.2 Å². The predicted octanol–water partition coefficient (Wildman–Crippen LogP) is 4.74. The van der Waals surface area contributed by atoms with Crippen molar-refractivity contribution in [2.24, 2.45) is 0 Å². The molecule has 1 aliphatic carbocycles. The van der Waals surface area contributed by atoms with Gasteiger partial charge >= 0.3 is 5.97 Å². The molecule has 250 valence electrons. The van der Waals surface area contributed by atoms with Crippen LogP contribution >= 0.6 is 0 Å². The molecular formula is C35H47N3O8. The molecule has 46 heavy (non-hydrogen) atoms. The molecule has 3 aliphatic rings. The van der Waals surface area contributed by atoms with Gasteiger partial charge in [0.1, 0.15) is 17.3 Å². The molecule has 11 heteroatoms. The van der Waals surface area contributed by atoms with Gasteiger partial charge in [-0.2, -0.15) is 0 Å². The number of nitrogens with zero attached hydrogens (tertiary/aromatic N) is 2. The molecule has 1 saturated carbocycles. The summed E-state index contributed by atoms with van der Waals surface area (Å²) in [6.45, 7) is 4.65. The summed E-state index contributed by atoms with van der Waals surface area (Å²) in [5.41, 5.74) is -0.655. The van der Waals surface area contributed by atoms with Gasteiger partial charge in [-0.1, -0.05) is 44.7 Å². The fraction of sp³-hybridized carbons (Fsp3) is 0.571. The van der Waals surface area contributed by atoms with Gasteiger partial charge in [-0.15, -0.1) is 0 Å².